The van der Waals surface area contributed by atoms with E-state index in [1.165, 1.54) is 16.8 Å². The van der Waals surface area contributed by atoms with Crippen molar-refractivity contribution in [2.45, 2.75) is 23.9 Å². The summed E-state index contributed by atoms with van der Waals surface area (Å²) in [5.41, 5.74) is 5.66. The lowest BCUT2D eigenvalue weighted by molar-refractivity contribution is 0.339. The molecule has 2 rings (SSSR count). The molecule has 1 fully saturated rings. The van der Waals surface area contributed by atoms with E-state index in [4.69, 9.17) is 5.73 Å². The average Bonchev–Trinajstić information content (AvgIpc) is 3.01. The summed E-state index contributed by atoms with van der Waals surface area (Å²) in [6.07, 6.45) is 5.11. The quantitative estimate of drug-likeness (QED) is 0.791. The van der Waals surface area contributed by atoms with Crippen LogP contribution in [0.3, 0.4) is 0 Å². The summed E-state index contributed by atoms with van der Waals surface area (Å²) in [6.45, 7) is 0.354. The Bertz CT molecular complexity index is 492. The van der Waals surface area contributed by atoms with Crippen LogP contribution in [0.2, 0.25) is 0 Å². The average molecular weight is 258 g/mol. The minimum Gasteiger partial charge on any atom is -0.339 e. The molecular weight excluding hydrogens is 240 g/mol. The zero-order valence-electron chi connectivity index (χ0n) is 10.1. The maximum Gasteiger partial charge on any atom is 0.262 e. The monoisotopic (exact) mass is 258 g/mol. The van der Waals surface area contributed by atoms with E-state index < -0.39 is 10.0 Å². The fourth-order valence-corrected chi connectivity index (χ4v) is 3.36. The van der Waals surface area contributed by atoms with Crippen molar-refractivity contribution < 1.29 is 8.42 Å². The number of aromatic nitrogens is 2. The second kappa shape index (κ2) is 4.40. The van der Waals surface area contributed by atoms with Crippen molar-refractivity contribution in [3.63, 3.8) is 0 Å². The van der Waals surface area contributed by atoms with Gasteiger partial charge in [-0.15, -0.1) is 0 Å². The Morgan fingerprint density at radius 3 is 2.71 bits per heavy atom. The molecule has 0 radical (unpaired) electrons. The van der Waals surface area contributed by atoms with Gasteiger partial charge in [0.2, 0.25) is 0 Å². The van der Waals surface area contributed by atoms with Crippen LogP contribution < -0.4 is 5.73 Å². The standard InChI is InChI=1S/C10H18N4O2S/c1-13-6-10(12-7-13)17(15,16)14(2)9(5-11)8-3-4-8/h6-9H,3-5,11H2,1-2H3. The van der Waals surface area contributed by atoms with Crippen LogP contribution in [0.1, 0.15) is 12.8 Å². The molecule has 1 unspecified atom stereocenters. The molecule has 0 amide bonds. The van der Waals surface area contributed by atoms with Crippen molar-refractivity contribution >= 4 is 10.0 Å². The first-order valence-electron chi connectivity index (χ1n) is 5.63. The van der Waals surface area contributed by atoms with Gasteiger partial charge in [0.15, 0.2) is 5.03 Å². The van der Waals surface area contributed by atoms with E-state index >= 15 is 0 Å². The van der Waals surface area contributed by atoms with Crippen LogP contribution in [0.15, 0.2) is 17.6 Å². The van der Waals surface area contributed by atoms with Gasteiger partial charge in [0.1, 0.15) is 0 Å². The van der Waals surface area contributed by atoms with Crippen LogP contribution in [0.5, 0.6) is 0 Å². The molecule has 0 saturated heterocycles. The maximum absolute atomic E-state index is 12.3. The van der Waals surface area contributed by atoms with E-state index in [9.17, 15) is 8.42 Å². The van der Waals surface area contributed by atoms with Gasteiger partial charge in [0.25, 0.3) is 10.0 Å². The second-order valence-corrected chi connectivity index (χ2v) is 6.48. The van der Waals surface area contributed by atoms with Crippen molar-refractivity contribution in [2.24, 2.45) is 18.7 Å². The van der Waals surface area contributed by atoms with E-state index in [-0.39, 0.29) is 11.1 Å². The molecule has 0 aromatic carbocycles. The molecule has 1 aliphatic carbocycles. The van der Waals surface area contributed by atoms with Crippen LogP contribution >= 0.6 is 0 Å². The predicted octanol–water partition coefficient (Wildman–Crippen LogP) is -0.222. The summed E-state index contributed by atoms with van der Waals surface area (Å²) in [4.78, 5) is 3.90. The predicted molar refractivity (Wildman–Crippen MR) is 63.7 cm³/mol. The summed E-state index contributed by atoms with van der Waals surface area (Å²) >= 11 is 0. The highest BCUT2D eigenvalue weighted by Gasteiger charge is 2.38. The molecule has 6 nitrogen and oxygen atoms in total. The molecule has 1 aliphatic rings. The van der Waals surface area contributed by atoms with Gasteiger partial charge in [-0.1, -0.05) is 0 Å². The van der Waals surface area contributed by atoms with Gasteiger partial charge < -0.3 is 10.3 Å². The number of nitrogens with zero attached hydrogens (tertiary/aromatic N) is 3. The lowest BCUT2D eigenvalue weighted by Gasteiger charge is -2.25. The number of sulfonamides is 1. The first-order valence-corrected chi connectivity index (χ1v) is 7.07. The largest absolute Gasteiger partial charge is 0.339 e. The number of likely N-dealkylation sites (N-methyl/N-ethyl adjacent to an activating group) is 1. The third-order valence-electron chi connectivity index (χ3n) is 3.20. The summed E-state index contributed by atoms with van der Waals surface area (Å²) in [6, 6.07) is -0.109. The number of aryl methyl sites for hydroxylation is 1. The smallest absolute Gasteiger partial charge is 0.262 e. The molecule has 0 spiro atoms. The third-order valence-corrected chi connectivity index (χ3v) is 4.97. The summed E-state index contributed by atoms with van der Waals surface area (Å²) in [5, 5.41) is 0.0848. The summed E-state index contributed by atoms with van der Waals surface area (Å²) in [7, 11) is -0.187. The fraction of sp³-hybridized carbons (Fsp3) is 0.700. The maximum atomic E-state index is 12.3. The summed E-state index contributed by atoms with van der Waals surface area (Å²) < 4.78 is 27.5. The Balaban J connectivity index is 2.25. The molecule has 1 aromatic rings. The fourth-order valence-electron chi connectivity index (χ4n) is 1.97. The van der Waals surface area contributed by atoms with Gasteiger partial charge in [-0.25, -0.2) is 13.4 Å². The number of rotatable bonds is 5. The minimum absolute atomic E-state index is 0.0848. The molecule has 1 heterocycles. The SMILES string of the molecule is CN(C(CN)C1CC1)S(=O)(=O)c1cn(C)cn1. The first-order chi connectivity index (χ1) is 7.96. The van der Waals surface area contributed by atoms with Crippen LogP contribution in [0.25, 0.3) is 0 Å². The summed E-state index contributed by atoms with van der Waals surface area (Å²) in [5.74, 6) is 0.406. The highest BCUT2D eigenvalue weighted by atomic mass is 32.2. The second-order valence-electron chi connectivity index (χ2n) is 4.54. The molecule has 1 aromatic heterocycles. The van der Waals surface area contributed by atoms with Gasteiger partial charge in [-0.3, -0.25) is 0 Å². The van der Waals surface area contributed by atoms with E-state index in [1.54, 1.807) is 18.7 Å². The Kier molecular flexibility index (Phi) is 3.24. The lowest BCUT2D eigenvalue weighted by atomic mass is 10.2. The van der Waals surface area contributed by atoms with E-state index in [1.807, 2.05) is 0 Å². The Morgan fingerprint density at radius 2 is 2.29 bits per heavy atom. The number of hydrogen-bond acceptors (Lipinski definition) is 4. The van der Waals surface area contributed by atoms with E-state index in [0.29, 0.717) is 12.5 Å². The molecule has 96 valence electrons. The Morgan fingerprint density at radius 1 is 1.65 bits per heavy atom. The molecule has 0 bridgehead atoms. The topological polar surface area (TPSA) is 81.2 Å². The molecule has 7 heteroatoms. The van der Waals surface area contributed by atoms with Crippen LogP contribution in [-0.2, 0) is 17.1 Å². The van der Waals surface area contributed by atoms with Crippen molar-refractivity contribution in [1.29, 1.82) is 0 Å². The van der Waals surface area contributed by atoms with Gasteiger partial charge in [0.05, 0.1) is 6.33 Å². The van der Waals surface area contributed by atoms with Gasteiger partial charge in [0, 0.05) is 32.9 Å². The van der Waals surface area contributed by atoms with Crippen LogP contribution in [0, 0.1) is 5.92 Å². The van der Waals surface area contributed by atoms with Crippen molar-refractivity contribution in [3.05, 3.63) is 12.5 Å². The van der Waals surface area contributed by atoms with Crippen molar-refractivity contribution in [3.8, 4) is 0 Å². The van der Waals surface area contributed by atoms with E-state index in [0.717, 1.165) is 12.8 Å². The van der Waals surface area contributed by atoms with Crippen molar-refractivity contribution in [2.75, 3.05) is 13.6 Å². The Hall–Kier alpha value is -0.920. The van der Waals surface area contributed by atoms with Gasteiger partial charge >= 0.3 is 0 Å². The Labute approximate surface area is 101 Å². The first kappa shape index (κ1) is 12.5. The zero-order valence-corrected chi connectivity index (χ0v) is 10.9. The van der Waals surface area contributed by atoms with Crippen molar-refractivity contribution in [1.82, 2.24) is 13.9 Å². The third kappa shape index (κ3) is 2.36. The van der Waals surface area contributed by atoms with Gasteiger partial charge in [-0.2, -0.15) is 4.31 Å². The van der Waals surface area contributed by atoms with Crippen LogP contribution in [0.4, 0.5) is 0 Å². The molecule has 0 aliphatic heterocycles. The highest BCUT2D eigenvalue weighted by Crippen LogP contribution is 2.36. The zero-order chi connectivity index (χ0) is 12.6. The number of imidazole rings is 1. The molecule has 1 saturated carbocycles. The highest BCUT2D eigenvalue weighted by molar-refractivity contribution is 7.89. The van der Waals surface area contributed by atoms with Gasteiger partial charge in [-0.05, 0) is 18.8 Å². The molecule has 1 atom stereocenters. The van der Waals surface area contributed by atoms with E-state index in [2.05, 4.69) is 4.98 Å². The number of nitrogens with two attached hydrogens (primary N) is 1. The molecule has 17 heavy (non-hydrogen) atoms. The minimum atomic E-state index is -3.51. The van der Waals surface area contributed by atoms with Crippen LogP contribution in [-0.4, -0.2) is 41.9 Å². The molecule has 2 N–H and O–H groups in total. The lowest BCUT2D eigenvalue weighted by Crippen LogP contribution is -2.43. The normalized spacial score (nSPS) is 18.6. The number of hydrogen-bond donors (Lipinski definition) is 1. The molecular formula is C10H18N4O2S.